The molecular formula is C23H38O2. The summed E-state index contributed by atoms with van der Waals surface area (Å²) >= 11 is 0. The first-order chi connectivity index (χ1) is 11.9. The molecule has 6 rings (SSSR count). The predicted octanol–water partition coefficient (Wildman–Crippen LogP) is 4.63. The van der Waals surface area contributed by atoms with Crippen molar-refractivity contribution >= 4 is 0 Å². The first-order valence-electron chi connectivity index (χ1n) is 11.3. The molecule has 0 bridgehead atoms. The number of hydrogen-bond donors (Lipinski definition) is 2. The highest BCUT2D eigenvalue weighted by molar-refractivity contribution is 5.23. The minimum absolute atomic E-state index is 0.0898. The zero-order valence-electron chi connectivity index (χ0n) is 16.5. The number of fused-ring (bicyclic) bond motifs is 10. The van der Waals surface area contributed by atoms with E-state index in [1.54, 1.807) is 0 Å². The fourth-order valence-electron chi connectivity index (χ4n) is 8.65. The Kier molecular flexibility index (Phi) is 3.73. The van der Waals surface area contributed by atoms with Crippen molar-refractivity contribution in [3.8, 4) is 0 Å². The van der Waals surface area contributed by atoms with Gasteiger partial charge in [0.1, 0.15) is 0 Å². The summed E-state index contributed by atoms with van der Waals surface area (Å²) in [4.78, 5) is 0. The quantitative estimate of drug-likeness (QED) is 0.671. The number of rotatable bonds is 0. The summed E-state index contributed by atoms with van der Waals surface area (Å²) in [7, 11) is 0. The Morgan fingerprint density at radius 1 is 0.880 bits per heavy atom. The van der Waals surface area contributed by atoms with E-state index < -0.39 is 5.60 Å². The first kappa shape index (κ1) is 17.0. The maximum absolute atomic E-state index is 11.6. The lowest BCUT2D eigenvalue weighted by Gasteiger charge is -2.62. The van der Waals surface area contributed by atoms with Crippen LogP contribution in [0.1, 0.15) is 78.6 Å². The van der Waals surface area contributed by atoms with E-state index in [1.807, 2.05) is 0 Å². The molecule has 2 heteroatoms. The van der Waals surface area contributed by atoms with Crippen LogP contribution in [0.5, 0.6) is 0 Å². The van der Waals surface area contributed by atoms with Gasteiger partial charge in [-0.1, -0.05) is 27.2 Å². The van der Waals surface area contributed by atoms with Crippen molar-refractivity contribution in [2.24, 2.45) is 52.8 Å². The summed E-state index contributed by atoms with van der Waals surface area (Å²) in [6.07, 6.45) is 10.8. The molecule has 0 heterocycles. The average Bonchev–Trinajstić information content (AvgIpc) is 3.47. The summed E-state index contributed by atoms with van der Waals surface area (Å²) in [5.74, 6) is 7.22. The molecule has 0 aliphatic heterocycles. The van der Waals surface area contributed by atoms with E-state index in [0.29, 0.717) is 12.3 Å². The van der Waals surface area contributed by atoms with Gasteiger partial charge in [0.2, 0.25) is 0 Å². The molecule has 25 heavy (non-hydrogen) atoms. The van der Waals surface area contributed by atoms with E-state index in [2.05, 4.69) is 20.8 Å². The molecular weight excluding hydrogens is 308 g/mol. The van der Waals surface area contributed by atoms with Gasteiger partial charge >= 0.3 is 0 Å². The minimum Gasteiger partial charge on any atom is -0.393 e. The van der Waals surface area contributed by atoms with Crippen LogP contribution in [0.25, 0.3) is 0 Å². The molecule has 6 aliphatic carbocycles. The fraction of sp³-hybridized carbons (Fsp3) is 1.00. The van der Waals surface area contributed by atoms with Gasteiger partial charge in [-0.3, -0.25) is 0 Å². The van der Waals surface area contributed by atoms with Crippen molar-refractivity contribution in [3.05, 3.63) is 0 Å². The fourth-order valence-corrected chi connectivity index (χ4v) is 8.65. The second kappa shape index (κ2) is 5.47. The third kappa shape index (κ3) is 2.16. The molecule has 6 fully saturated rings. The molecule has 2 nitrogen and oxygen atoms in total. The normalized spacial score (nSPS) is 63.0. The lowest BCUT2D eigenvalue weighted by molar-refractivity contribution is -0.220. The van der Waals surface area contributed by atoms with Gasteiger partial charge in [-0.05, 0) is 97.7 Å². The standard InChI is InChI=1S/C20H30O2.C3H8/c1-19-5-4-12(21)9-20(19,22)16-8-14(16)18-15(19)3-2-10-6-11-7-13(11)17(10)18;1-3-2/h10-18,21-22H,2-9H2,1H3;3H2,1-2H3. The lowest BCUT2D eigenvalue weighted by Crippen LogP contribution is -2.63. The van der Waals surface area contributed by atoms with Gasteiger partial charge in [0.15, 0.2) is 0 Å². The van der Waals surface area contributed by atoms with Crippen molar-refractivity contribution < 1.29 is 10.2 Å². The summed E-state index contributed by atoms with van der Waals surface area (Å²) < 4.78 is 0. The second-order valence-corrected chi connectivity index (χ2v) is 10.9. The maximum atomic E-state index is 11.6. The molecule has 2 N–H and O–H groups in total. The van der Waals surface area contributed by atoms with Crippen LogP contribution in [0.3, 0.4) is 0 Å². The van der Waals surface area contributed by atoms with Gasteiger partial charge < -0.3 is 10.2 Å². The van der Waals surface area contributed by atoms with E-state index in [1.165, 1.54) is 38.5 Å². The highest BCUT2D eigenvalue weighted by atomic mass is 16.3. The molecule has 6 saturated carbocycles. The molecule has 11 atom stereocenters. The molecule has 11 unspecified atom stereocenters. The highest BCUT2D eigenvalue weighted by Crippen LogP contribution is 2.77. The zero-order valence-corrected chi connectivity index (χ0v) is 16.5. The molecule has 0 aromatic heterocycles. The van der Waals surface area contributed by atoms with Crippen LogP contribution in [0.4, 0.5) is 0 Å². The van der Waals surface area contributed by atoms with E-state index >= 15 is 0 Å². The monoisotopic (exact) mass is 346 g/mol. The van der Waals surface area contributed by atoms with E-state index in [0.717, 1.165) is 54.3 Å². The first-order valence-corrected chi connectivity index (χ1v) is 11.3. The van der Waals surface area contributed by atoms with Crippen LogP contribution in [-0.4, -0.2) is 21.9 Å². The summed E-state index contributed by atoms with van der Waals surface area (Å²) in [6.45, 7) is 6.66. The molecule has 0 aromatic carbocycles. The number of aliphatic hydroxyl groups excluding tert-OH is 1. The van der Waals surface area contributed by atoms with Crippen LogP contribution in [0.15, 0.2) is 0 Å². The Balaban J connectivity index is 0.000000439. The Morgan fingerprint density at radius 3 is 2.40 bits per heavy atom. The summed E-state index contributed by atoms with van der Waals surface area (Å²) in [5, 5.41) is 21.8. The van der Waals surface area contributed by atoms with Crippen molar-refractivity contribution in [3.63, 3.8) is 0 Å². The van der Waals surface area contributed by atoms with Gasteiger partial charge in [-0.25, -0.2) is 0 Å². The van der Waals surface area contributed by atoms with Crippen LogP contribution in [0, 0.1) is 52.8 Å². The minimum atomic E-state index is -0.551. The van der Waals surface area contributed by atoms with E-state index in [4.69, 9.17) is 0 Å². The molecule has 0 amide bonds. The second-order valence-electron chi connectivity index (χ2n) is 10.9. The molecule has 6 aliphatic rings. The number of aliphatic hydroxyl groups is 2. The third-order valence-corrected chi connectivity index (χ3v) is 9.68. The zero-order chi connectivity index (χ0) is 17.6. The predicted molar refractivity (Wildman–Crippen MR) is 99.9 cm³/mol. The molecule has 0 spiro atoms. The Labute approximate surface area is 153 Å². The maximum Gasteiger partial charge on any atom is 0.0759 e. The Hall–Kier alpha value is -0.0800. The van der Waals surface area contributed by atoms with Crippen LogP contribution in [-0.2, 0) is 0 Å². The average molecular weight is 347 g/mol. The van der Waals surface area contributed by atoms with Crippen LogP contribution < -0.4 is 0 Å². The van der Waals surface area contributed by atoms with Gasteiger partial charge in [0.05, 0.1) is 11.7 Å². The third-order valence-electron chi connectivity index (χ3n) is 9.68. The lowest BCUT2D eigenvalue weighted by atomic mass is 9.45. The SMILES string of the molecule is CC12CCC(O)CC1(O)C1CC1C1C3C(CCC12)CC1CC13.CCC. The Bertz CT molecular complexity index is 546. The molecule has 0 radical (unpaired) electrons. The van der Waals surface area contributed by atoms with Gasteiger partial charge in [-0.2, -0.15) is 0 Å². The smallest absolute Gasteiger partial charge is 0.0759 e. The van der Waals surface area contributed by atoms with Gasteiger partial charge in [-0.15, -0.1) is 0 Å². The summed E-state index contributed by atoms with van der Waals surface area (Å²) in [6, 6.07) is 0. The molecule has 0 saturated heterocycles. The molecule has 0 aromatic rings. The summed E-state index contributed by atoms with van der Waals surface area (Å²) in [5.41, 5.74) is -0.461. The van der Waals surface area contributed by atoms with E-state index in [9.17, 15) is 10.2 Å². The van der Waals surface area contributed by atoms with Crippen molar-refractivity contribution in [2.45, 2.75) is 90.3 Å². The van der Waals surface area contributed by atoms with Crippen molar-refractivity contribution in [1.29, 1.82) is 0 Å². The van der Waals surface area contributed by atoms with Crippen LogP contribution >= 0.6 is 0 Å². The van der Waals surface area contributed by atoms with E-state index in [-0.39, 0.29) is 11.5 Å². The van der Waals surface area contributed by atoms with Crippen LogP contribution in [0.2, 0.25) is 0 Å². The van der Waals surface area contributed by atoms with Crippen molar-refractivity contribution in [1.82, 2.24) is 0 Å². The Morgan fingerprint density at radius 2 is 1.64 bits per heavy atom. The highest BCUT2D eigenvalue weighted by Gasteiger charge is 2.75. The topological polar surface area (TPSA) is 40.5 Å². The van der Waals surface area contributed by atoms with Gasteiger partial charge in [0, 0.05) is 6.42 Å². The largest absolute Gasteiger partial charge is 0.393 e. The van der Waals surface area contributed by atoms with Gasteiger partial charge in [0.25, 0.3) is 0 Å². The number of hydrogen-bond acceptors (Lipinski definition) is 2. The molecule has 142 valence electrons. The van der Waals surface area contributed by atoms with Crippen molar-refractivity contribution in [2.75, 3.05) is 0 Å².